The number of carbonyl (C=O) groups is 2. The minimum atomic E-state index is 0.0264. The smallest absolute Gasteiger partial charge is 0.234 e. The highest BCUT2D eigenvalue weighted by molar-refractivity contribution is 8.00. The molecule has 0 bridgehead atoms. The zero-order chi connectivity index (χ0) is 19.8. The molecule has 6 heteroatoms. The molecule has 148 valence electrons. The highest BCUT2D eigenvalue weighted by atomic mass is 32.2. The van der Waals surface area contributed by atoms with Crippen molar-refractivity contribution in [2.24, 2.45) is 0 Å². The molecule has 0 spiro atoms. The highest BCUT2D eigenvalue weighted by Crippen LogP contribution is 2.19. The average Bonchev–Trinajstić information content (AvgIpc) is 2.73. The summed E-state index contributed by atoms with van der Waals surface area (Å²) in [5, 5.41) is 2.96. The van der Waals surface area contributed by atoms with E-state index in [9.17, 15) is 9.59 Å². The van der Waals surface area contributed by atoms with Crippen molar-refractivity contribution in [1.82, 2.24) is 15.1 Å². The Balaban J connectivity index is 1.34. The first-order valence-electron chi connectivity index (χ1n) is 9.60. The van der Waals surface area contributed by atoms with Crippen LogP contribution in [0, 0.1) is 6.92 Å². The quantitative estimate of drug-likeness (QED) is 0.730. The van der Waals surface area contributed by atoms with Crippen LogP contribution in [0.15, 0.2) is 59.5 Å². The molecule has 2 aromatic carbocycles. The number of nitrogens with zero attached hydrogens (tertiary/aromatic N) is 2. The summed E-state index contributed by atoms with van der Waals surface area (Å²) < 4.78 is 0. The summed E-state index contributed by atoms with van der Waals surface area (Å²) in [5.74, 6) is 0.651. The van der Waals surface area contributed by atoms with Gasteiger partial charge in [-0.1, -0.05) is 48.0 Å². The third-order valence-electron chi connectivity index (χ3n) is 4.81. The standard InChI is InChI=1S/C22H27N3O2S/c1-18-7-9-20(10-8-18)28-17-22(27)25-13-11-24(12-14-25)16-21(26)23-15-19-5-3-2-4-6-19/h2-10H,11-17H2,1H3,(H,23,26). The summed E-state index contributed by atoms with van der Waals surface area (Å²) >= 11 is 1.58. The average molecular weight is 398 g/mol. The number of aryl methyl sites for hydroxylation is 1. The molecule has 1 aliphatic rings. The van der Waals surface area contributed by atoms with E-state index in [0.717, 1.165) is 23.5 Å². The summed E-state index contributed by atoms with van der Waals surface area (Å²) in [5.41, 5.74) is 2.32. The van der Waals surface area contributed by atoms with Crippen LogP contribution in [0.4, 0.5) is 0 Å². The van der Waals surface area contributed by atoms with Crippen molar-refractivity contribution in [2.45, 2.75) is 18.4 Å². The molecular weight excluding hydrogens is 370 g/mol. The number of carbonyl (C=O) groups excluding carboxylic acids is 2. The van der Waals surface area contributed by atoms with Crippen LogP contribution in [-0.4, -0.2) is 60.1 Å². The van der Waals surface area contributed by atoms with Crippen LogP contribution in [0.1, 0.15) is 11.1 Å². The van der Waals surface area contributed by atoms with Crippen LogP contribution in [0.2, 0.25) is 0 Å². The maximum absolute atomic E-state index is 12.4. The van der Waals surface area contributed by atoms with E-state index in [4.69, 9.17) is 0 Å². The fraction of sp³-hybridized carbons (Fsp3) is 0.364. The van der Waals surface area contributed by atoms with Gasteiger partial charge in [0.2, 0.25) is 11.8 Å². The Morgan fingerprint density at radius 1 is 0.964 bits per heavy atom. The van der Waals surface area contributed by atoms with Gasteiger partial charge in [-0.25, -0.2) is 0 Å². The molecule has 5 nitrogen and oxygen atoms in total. The van der Waals surface area contributed by atoms with Crippen molar-refractivity contribution in [2.75, 3.05) is 38.5 Å². The van der Waals surface area contributed by atoms with Crippen molar-refractivity contribution < 1.29 is 9.59 Å². The molecule has 1 fully saturated rings. The van der Waals surface area contributed by atoms with Crippen LogP contribution in [0.25, 0.3) is 0 Å². The topological polar surface area (TPSA) is 52.7 Å². The molecule has 0 aliphatic carbocycles. The number of thioether (sulfide) groups is 1. The second-order valence-electron chi connectivity index (χ2n) is 7.02. The lowest BCUT2D eigenvalue weighted by atomic mass is 10.2. The zero-order valence-corrected chi connectivity index (χ0v) is 17.1. The van der Waals surface area contributed by atoms with Gasteiger partial charge in [0.05, 0.1) is 12.3 Å². The number of hydrogen-bond acceptors (Lipinski definition) is 4. The molecule has 0 radical (unpaired) electrons. The Morgan fingerprint density at radius 2 is 1.64 bits per heavy atom. The van der Waals surface area contributed by atoms with Gasteiger partial charge in [-0.2, -0.15) is 0 Å². The predicted octanol–water partition coefficient (Wildman–Crippen LogP) is 2.55. The van der Waals surface area contributed by atoms with Gasteiger partial charge in [0.1, 0.15) is 0 Å². The maximum Gasteiger partial charge on any atom is 0.234 e. The lowest BCUT2D eigenvalue weighted by molar-refractivity contribution is -0.130. The van der Waals surface area contributed by atoms with E-state index in [2.05, 4.69) is 41.4 Å². The number of rotatable bonds is 7. The van der Waals surface area contributed by atoms with Crippen molar-refractivity contribution in [3.05, 3.63) is 65.7 Å². The van der Waals surface area contributed by atoms with E-state index < -0.39 is 0 Å². The summed E-state index contributed by atoms with van der Waals surface area (Å²) in [6.45, 7) is 5.82. The molecule has 2 aromatic rings. The zero-order valence-electron chi connectivity index (χ0n) is 16.3. The molecule has 0 atom stereocenters. The molecule has 1 N–H and O–H groups in total. The van der Waals surface area contributed by atoms with Crippen molar-refractivity contribution in [1.29, 1.82) is 0 Å². The maximum atomic E-state index is 12.4. The first-order chi connectivity index (χ1) is 13.6. The minimum Gasteiger partial charge on any atom is -0.351 e. The molecule has 1 heterocycles. The molecule has 1 saturated heterocycles. The lowest BCUT2D eigenvalue weighted by Gasteiger charge is -2.34. The third-order valence-corrected chi connectivity index (χ3v) is 5.80. The number of piperazine rings is 1. The van der Waals surface area contributed by atoms with E-state index in [1.165, 1.54) is 5.56 Å². The van der Waals surface area contributed by atoms with Gasteiger partial charge >= 0.3 is 0 Å². The van der Waals surface area contributed by atoms with Gasteiger partial charge in [0.25, 0.3) is 0 Å². The summed E-state index contributed by atoms with van der Waals surface area (Å²) in [6, 6.07) is 18.1. The summed E-state index contributed by atoms with van der Waals surface area (Å²) in [7, 11) is 0. The van der Waals surface area contributed by atoms with Gasteiger partial charge in [-0.05, 0) is 24.6 Å². The van der Waals surface area contributed by atoms with E-state index in [-0.39, 0.29) is 11.8 Å². The predicted molar refractivity (Wildman–Crippen MR) is 113 cm³/mol. The normalized spacial score (nSPS) is 14.7. The van der Waals surface area contributed by atoms with Gasteiger partial charge in [-0.15, -0.1) is 11.8 Å². The Bertz CT molecular complexity index is 772. The molecule has 0 saturated carbocycles. The van der Waals surface area contributed by atoms with Gasteiger partial charge in [0, 0.05) is 37.6 Å². The highest BCUT2D eigenvalue weighted by Gasteiger charge is 2.22. The number of amides is 2. The number of benzene rings is 2. The molecular formula is C22H27N3O2S. The number of hydrogen-bond donors (Lipinski definition) is 1. The van der Waals surface area contributed by atoms with Gasteiger partial charge < -0.3 is 10.2 Å². The van der Waals surface area contributed by atoms with Crippen LogP contribution in [0.5, 0.6) is 0 Å². The van der Waals surface area contributed by atoms with E-state index >= 15 is 0 Å². The Kier molecular flexibility index (Phi) is 7.51. The van der Waals surface area contributed by atoms with Crippen molar-refractivity contribution >= 4 is 23.6 Å². The van der Waals surface area contributed by atoms with Crippen molar-refractivity contribution in [3.8, 4) is 0 Å². The van der Waals surface area contributed by atoms with Crippen molar-refractivity contribution in [3.63, 3.8) is 0 Å². The minimum absolute atomic E-state index is 0.0264. The van der Waals surface area contributed by atoms with E-state index in [1.807, 2.05) is 35.2 Å². The van der Waals surface area contributed by atoms with E-state index in [0.29, 0.717) is 31.9 Å². The van der Waals surface area contributed by atoms with Gasteiger partial charge in [-0.3, -0.25) is 14.5 Å². The molecule has 28 heavy (non-hydrogen) atoms. The molecule has 1 aliphatic heterocycles. The number of nitrogens with one attached hydrogen (secondary N) is 1. The van der Waals surface area contributed by atoms with Crippen LogP contribution in [0.3, 0.4) is 0 Å². The third kappa shape index (κ3) is 6.39. The fourth-order valence-corrected chi connectivity index (χ4v) is 3.88. The Morgan fingerprint density at radius 3 is 2.32 bits per heavy atom. The van der Waals surface area contributed by atoms with Crippen LogP contribution < -0.4 is 5.32 Å². The SMILES string of the molecule is Cc1ccc(SCC(=O)N2CCN(CC(=O)NCc3ccccc3)CC2)cc1. The summed E-state index contributed by atoms with van der Waals surface area (Å²) in [6.07, 6.45) is 0. The van der Waals surface area contributed by atoms with Gasteiger partial charge in [0.15, 0.2) is 0 Å². The Hall–Kier alpha value is -2.31. The molecule has 0 unspecified atom stereocenters. The van der Waals surface area contributed by atoms with Crippen LogP contribution >= 0.6 is 11.8 Å². The molecule has 2 amide bonds. The second-order valence-corrected chi connectivity index (χ2v) is 8.07. The fourth-order valence-electron chi connectivity index (χ4n) is 3.08. The Labute approximate surface area is 171 Å². The van der Waals surface area contributed by atoms with E-state index in [1.54, 1.807) is 11.8 Å². The summed E-state index contributed by atoms with van der Waals surface area (Å²) in [4.78, 5) is 29.7. The molecule has 3 rings (SSSR count). The largest absolute Gasteiger partial charge is 0.351 e. The first-order valence-corrected chi connectivity index (χ1v) is 10.6. The molecule has 0 aromatic heterocycles. The van der Waals surface area contributed by atoms with Crippen LogP contribution in [-0.2, 0) is 16.1 Å². The monoisotopic (exact) mass is 397 g/mol. The second kappa shape index (κ2) is 10.3. The first kappa shape index (κ1) is 20.4. The lowest BCUT2D eigenvalue weighted by Crippen LogP contribution is -2.51.